The van der Waals surface area contributed by atoms with E-state index in [0.29, 0.717) is 11.6 Å². The standard InChI is InChI=1S/C8H10N4OS/c9-6-5-12-2-1-10-7(12)8(11-6)14-4-3-13/h1-2,5,13H,3-4,9H2. The summed E-state index contributed by atoms with van der Waals surface area (Å²) >= 11 is 1.44. The maximum atomic E-state index is 8.71. The first-order valence-electron chi connectivity index (χ1n) is 4.14. The van der Waals surface area contributed by atoms with E-state index in [9.17, 15) is 0 Å². The third-order valence-electron chi connectivity index (χ3n) is 1.69. The van der Waals surface area contributed by atoms with Crippen molar-refractivity contribution in [3.05, 3.63) is 18.6 Å². The topological polar surface area (TPSA) is 76.4 Å². The monoisotopic (exact) mass is 210 g/mol. The molecule has 0 fully saturated rings. The second-order valence-electron chi connectivity index (χ2n) is 2.70. The SMILES string of the molecule is Nc1cn2ccnc2c(SCCO)n1. The summed E-state index contributed by atoms with van der Waals surface area (Å²) in [5.41, 5.74) is 6.40. The maximum absolute atomic E-state index is 8.71. The van der Waals surface area contributed by atoms with Crippen LogP contribution in [0.15, 0.2) is 23.6 Å². The number of hydrogen-bond donors (Lipinski definition) is 2. The Morgan fingerprint density at radius 3 is 3.21 bits per heavy atom. The summed E-state index contributed by atoms with van der Waals surface area (Å²) in [5, 5.41) is 9.47. The molecule has 0 bridgehead atoms. The molecule has 0 aliphatic rings. The van der Waals surface area contributed by atoms with E-state index in [0.717, 1.165) is 10.7 Å². The first kappa shape index (κ1) is 9.29. The van der Waals surface area contributed by atoms with Crippen LogP contribution in [0.25, 0.3) is 5.65 Å². The van der Waals surface area contributed by atoms with Gasteiger partial charge in [0.25, 0.3) is 0 Å². The molecule has 5 nitrogen and oxygen atoms in total. The molecule has 3 N–H and O–H groups in total. The normalized spacial score (nSPS) is 10.9. The zero-order valence-corrected chi connectivity index (χ0v) is 8.24. The summed E-state index contributed by atoms with van der Waals surface area (Å²) in [5.74, 6) is 1.05. The third kappa shape index (κ3) is 1.66. The van der Waals surface area contributed by atoms with Crippen LogP contribution in [-0.2, 0) is 0 Å². The highest BCUT2D eigenvalue weighted by atomic mass is 32.2. The van der Waals surface area contributed by atoms with Crippen LogP contribution in [0.1, 0.15) is 0 Å². The van der Waals surface area contributed by atoms with E-state index >= 15 is 0 Å². The number of anilines is 1. The minimum atomic E-state index is 0.119. The van der Waals surface area contributed by atoms with Crippen molar-refractivity contribution >= 4 is 23.2 Å². The van der Waals surface area contributed by atoms with Crippen molar-refractivity contribution in [2.45, 2.75) is 5.03 Å². The van der Waals surface area contributed by atoms with Gasteiger partial charge in [-0.05, 0) is 0 Å². The van der Waals surface area contributed by atoms with E-state index in [1.165, 1.54) is 11.8 Å². The summed E-state index contributed by atoms with van der Waals surface area (Å²) in [4.78, 5) is 8.31. The number of nitrogens with two attached hydrogens (primary N) is 1. The molecule has 0 aliphatic carbocycles. The Morgan fingerprint density at radius 1 is 1.57 bits per heavy atom. The van der Waals surface area contributed by atoms with Crippen LogP contribution >= 0.6 is 11.8 Å². The lowest BCUT2D eigenvalue weighted by atomic mass is 10.6. The number of aliphatic hydroxyl groups is 1. The van der Waals surface area contributed by atoms with Crippen molar-refractivity contribution in [2.24, 2.45) is 0 Å². The first-order valence-corrected chi connectivity index (χ1v) is 5.12. The van der Waals surface area contributed by atoms with Gasteiger partial charge in [-0.3, -0.25) is 0 Å². The van der Waals surface area contributed by atoms with Gasteiger partial charge < -0.3 is 15.2 Å². The van der Waals surface area contributed by atoms with Gasteiger partial charge in [-0.1, -0.05) is 0 Å². The van der Waals surface area contributed by atoms with Crippen molar-refractivity contribution in [1.29, 1.82) is 0 Å². The summed E-state index contributed by atoms with van der Waals surface area (Å²) in [6, 6.07) is 0. The van der Waals surface area contributed by atoms with Gasteiger partial charge in [-0.15, -0.1) is 11.8 Å². The van der Waals surface area contributed by atoms with Crippen molar-refractivity contribution in [3.63, 3.8) is 0 Å². The van der Waals surface area contributed by atoms with E-state index in [1.54, 1.807) is 12.4 Å². The zero-order chi connectivity index (χ0) is 9.97. The fraction of sp³-hybridized carbons (Fsp3) is 0.250. The molecule has 0 saturated heterocycles. The molecule has 74 valence electrons. The van der Waals surface area contributed by atoms with Crippen LogP contribution in [-0.4, -0.2) is 31.8 Å². The lowest BCUT2D eigenvalue weighted by Crippen LogP contribution is -1.98. The van der Waals surface area contributed by atoms with Gasteiger partial charge in [-0.25, -0.2) is 9.97 Å². The van der Waals surface area contributed by atoms with Crippen molar-refractivity contribution in [2.75, 3.05) is 18.1 Å². The smallest absolute Gasteiger partial charge is 0.169 e. The van der Waals surface area contributed by atoms with Crippen LogP contribution in [0.2, 0.25) is 0 Å². The van der Waals surface area contributed by atoms with Gasteiger partial charge in [0.2, 0.25) is 0 Å². The van der Waals surface area contributed by atoms with E-state index in [1.807, 2.05) is 10.6 Å². The van der Waals surface area contributed by atoms with Crippen molar-refractivity contribution in [1.82, 2.24) is 14.4 Å². The van der Waals surface area contributed by atoms with Gasteiger partial charge in [0.15, 0.2) is 5.65 Å². The lowest BCUT2D eigenvalue weighted by Gasteiger charge is -2.02. The van der Waals surface area contributed by atoms with Gasteiger partial charge in [0, 0.05) is 18.1 Å². The van der Waals surface area contributed by atoms with E-state index in [2.05, 4.69) is 9.97 Å². The summed E-state index contributed by atoms with van der Waals surface area (Å²) < 4.78 is 1.82. The molecule has 6 heteroatoms. The predicted octanol–water partition coefficient (Wildman–Crippen LogP) is 0.396. The highest BCUT2D eigenvalue weighted by molar-refractivity contribution is 7.99. The van der Waals surface area contributed by atoms with Crippen LogP contribution in [0.4, 0.5) is 5.82 Å². The van der Waals surface area contributed by atoms with E-state index in [4.69, 9.17) is 10.8 Å². The molecule has 2 aromatic heterocycles. The molecule has 0 radical (unpaired) electrons. The molecule has 0 aliphatic heterocycles. The largest absolute Gasteiger partial charge is 0.396 e. The van der Waals surface area contributed by atoms with Gasteiger partial charge in [0.1, 0.15) is 10.8 Å². The van der Waals surface area contributed by atoms with Crippen molar-refractivity contribution < 1.29 is 5.11 Å². The predicted molar refractivity (Wildman–Crippen MR) is 55.2 cm³/mol. The Kier molecular flexibility index (Phi) is 2.55. The second kappa shape index (κ2) is 3.85. The maximum Gasteiger partial charge on any atom is 0.169 e. The quantitative estimate of drug-likeness (QED) is 0.717. The van der Waals surface area contributed by atoms with Crippen LogP contribution in [0.3, 0.4) is 0 Å². The molecular weight excluding hydrogens is 200 g/mol. The fourth-order valence-corrected chi connectivity index (χ4v) is 1.90. The average Bonchev–Trinajstić information content (AvgIpc) is 2.61. The highest BCUT2D eigenvalue weighted by Crippen LogP contribution is 2.20. The average molecular weight is 210 g/mol. The lowest BCUT2D eigenvalue weighted by molar-refractivity contribution is 0.322. The van der Waals surface area contributed by atoms with E-state index < -0.39 is 0 Å². The molecule has 2 aromatic rings. The number of aromatic nitrogens is 3. The number of rotatable bonds is 3. The number of aliphatic hydroxyl groups excluding tert-OH is 1. The molecule has 0 amide bonds. The fourth-order valence-electron chi connectivity index (χ4n) is 1.16. The molecule has 0 atom stereocenters. The molecule has 0 unspecified atom stereocenters. The molecule has 2 heterocycles. The van der Waals surface area contributed by atoms with Gasteiger partial charge in [-0.2, -0.15) is 0 Å². The highest BCUT2D eigenvalue weighted by Gasteiger charge is 2.05. The molecule has 14 heavy (non-hydrogen) atoms. The number of imidazole rings is 1. The van der Waals surface area contributed by atoms with Gasteiger partial charge in [0.05, 0.1) is 12.8 Å². The molecule has 0 spiro atoms. The molecule has 2 rings (SSSR count). The third-order valence-corrected chi connectivity index (χ3v) is 2.63. The summed E-state index contributed by atoms with van der Waals surface area (Å²) in [6.07, 6.45) is 5.22. The van der Waals surface area contributed by atoms with Gasteiger partial charge >= 0.3 is 0 Å². The van der Waals surface area contributed by atoms with E-state index in [-0.39, 0.29) is 6.61 Å². The molecule has 0 aromatic carbocycles. The number of thioether (sulfide) groups is 1. The second-order valence-corrected chi connectivity index (χ2v) is 3.78. The summed E-state index contributed by atoms with van der Waals surface area (Å²) in [6.45, 7) is 0.119. The first-order chi connectivity index (χ1) is 6.81. The van der Waals surface area contributed by atoms with Crippen molar-refractivity contribution in [3.8, 4) is 0 Å². The van der Waals surface area contributed by atoms with Crippen LogP contribution < -0.4 is 5.73 Å². The molecular formula is C8H10N4OS. The Balaban J connectivity index is 2.44. The number of nitrogens with zero attached hydrogens (tertiary/aromatic N) is 3. The Bertz CT molecular complexity index is 442. The number of nitrogen functional groups attached to an aromatic ring is 1. The molecule has 0 saturated carbocycles. The summed E-state index contributed by atoms with van der Waals surface area (Å²) in [7, 11) is 0. The van der Waals surface area contributed by atoms with Crippen LogP contribution in [0.5, 0.6) is 0 Å². The Labute approximate surface area is 85.0 Å². The Hall–Kier alpha value is -1.27. The minimum Gasteiger partial charge on any atom is -0.396 e. The number of hydrogen-bond acceptors (Lipinski definition) is 5. The van der Waals surface area contributed by atoms with Crippen LogP contribution in [0, 0.1) is 0 Å². The minimum absolute atomic E-state index is 0.119. The Morgan fingerprint density at radius 2 is 2.43 bits per heavy atom. The number of fused-ring (bicyclic) bond motifs is 1. The zero-order valence-electron chi connectivity index (χ0n) is 7.42.